The minimum absolute atomic E-state index is 0.225. The van der Waals surface area contributed by atoms with Crippen molar-refractivity contribution in [3.8, 4) is 5.75 Å². The molecule has 0 spiro atoms. The molecule has 0 aliphatic heterocycles. The van der Waals surface area contributed by atoms with E-state index in [-0.39, 0.29) is 5.97 Å². The Hall–Kier alpha value is -0.680. The van der Waals surface area contributed by atoms with Crippen LogP contribution < -0.4 is 4.74 Å². The van der Waals surface area contributed by atoms with Gasteiger partial charge >= 0.3 is 5.97 Å². The summed E-state index contributed by atoms with van der Waals surface area (Å²) >= 11 is 4.85. The molecule has 0 aromatic heterocycles. The van der Waals surface area contributed by atoms with Crippen LogP contribution in [0.3, 0.4) is 0 Å². The van der Waals surface area contributed by atoms with E-state index >= 15 is 0 Å². The first-order chi connectivity index (χ1) is 8.40. The van der Waals surface area contributed by atoms with Gasteiger partial charge in [0.2, 0.25) is 0 Å². The molecule has 0 N–H and O–H groups in total. The predicted molar refractivity (Wildman–Crippen MR) is 77.3 cm³/mol. The molecule has 0 aliphatic rings. The molecular weight excluding hydrogens is 316 g/mol. The highest BCUT2D eigenvalue weighted by Gasteiger charge is 2.31. The number of halogens is 1. The zero-order chi connectivity index (χ0) is 13.8. The van der Waals surface area contributed by atoms with Gasteiger partial charge in [0, 0.05) is 4.47 Å². The number of methoxy groups -OCH3 is 1. The Morgan fingerprint density at radius 3 is 2.67 bits per heavy atom. The van der Waals surface area contributed by atoms with Gasteiger partial charge in [-0.15, -0.1) is 11.8 Å². The van der Waals surface area contributed by atoms with Crippen molar-refractivity contribution in [2.24, 2.45) is 0 Å². The first-order valence-corrected chi connectivity index (χ1v) is 7.21. The highest BCUT2D eigenvalue weighted by atomic mass is 79.9. The second-order valence-corrected chi connectivity index (χ2v) is 6.71. The number of benzene rings is 1. The van der Waals surface area contributed by atoms with Crippen molar-refractivity contribution in [2.45, 2.75) is 30.4 Å². The first kappa shape index (κ1) is 15.4. The van der Waals surface area contributed by atoms with Crippen LogP contribution in [0.5, 0.6) is 5.75 Å². The lowest BCUT2D eigenvalue weighted by Crippen LogP contribution is -2.30. The molecule has 0 heterocycles. The second kappa shape index (κ2) is 6.48. The predicted octanol–water partition coefficient (Wildman–Crippen LogP) is 3.89. The largest absolute Gasteiger partial charge is 0.496 e. The number of hydrogen-bond donors (Lipinski definition) is 0. The smallest absolute Gasteiger partial charge is 0.321 e. The van der Waals surface area contributed by atoms with Gasteiger partial charge in [0.15, 0.2) is 0 Å². The van der Waals surface area contributed by atoms with Crippen LogP contribution in [0.1, 0.15) is 20.8 Å². The molecule has 100 valence electrons. The topological polar surface area (TPSA) is 35.5 Å². The molecule has 18 heavy (non-hydrogen) atoms. The van der Waals surface area contributed by atoms with Crippen LogP contribution in [-0.4, -0.2) is 24.4 Å². The molecule has 0 atom stereocenters. The van der Waals surface area contributed by atoms with E-state index in [2.05, 4.69) is 15.9 Å². The summed E-state index contributed by atoms with van der Waals surface area (Å²) < 4.78 is 10.7. The van der Waals surface area contributed by atoms with Crippen LogP contribution in [-0.2, 0) is 9.53 Å². The number of esters is 1. The summed E-state index contributed by atoms with van der Waals surface area (Å²) in [5.41, 5.74) is 0. The standard InChI is InChI=1S/C13H17BrO3S/c1-5-17-12(15)13(2,3)18-11-8-9(14)6-7-10(11)16-4/h6-8H,5H2,1-4H3. The SMILES string of the molecule is CCOC(=O)C(C)(C)Sc1cc(Br)ccc1OC. The van der Waals surface area contributed by atoms with Crippen LogP contribution in [0.2, 0.25) is 0 Å². The molecule has 0 fully saturated rings. The van der Waals surface area contributed by atoms with Crippen LogP contribution in [0.15, 0.2) is 27.6 Å². The van der Waals surface area contributed by atoms with Gasteiger partial charge in [-0.1, -0.05) is 15.9 Å². The van der Waals surface area contributed by atoms with Crippen molar-refractivity contribution in [1.29, 1.82) is 0 Å². The molecule has 5 heteroatoms. The van der Waals surface area contributed by atoms with E-state index in [4.69, 9.17) is 9.47 Å². The Kier molecular flexibility index (Phi) is 5.53. The minimum Gasteiger partial charge on any atom is -0.496 e. The van der Waals surface area contributed by atoms with Crippen molar-refractivity contribution < 1.29 is 14.3 Å². The number of carbonyl (C=O) groups excluding carboxylic acids is 1. The Morgan fingerprint density at radius 2 is 2.11 bits per heavy atom. The molecule has 0 saturated heterocycles. The van der Waals surface area contributed by atoms with Crippen LogP contribution >= 0.6 is 27.7 Å². The van der Waals surface area contributed by atoms with Crippen molar-refractivity contribution >= 4 is 33.7 Å². The summed E-state index contributed by atoms with van der Waals surface area (Å²) in [5, 5.41) is 0. The van der Waals surface area contributed by atoms with E-state index in [0.29, 0.717) is 6.61 Å². The quantitative estimate of drug-likeness (QED) is 0.605. The monoisotopic (exact) mass is 332 g/mol. The van der Waals surface area contributed by atoms with Crippen LogP contribution in [0.4, 0.5) is 0 Å². The average Bonchev–Trinajstić information content (AvgIpc) is 2.29. The van der Waals surface area contributed by atoms with Gasteiger partial charge in [-0.3, -0.25) is 4.79 Å². The maximum Gasteiger partial charge on any atom is 0.321 e. The maximum atomic E-state index is 11.9. The van der Waals surface area contributed by atoms with Gasteiger partial charge in [0.1, 0.15) is 10.5 Å². The summed E-state index contributed by atoms with van der Waals surface area (Å²) in [7, 11) is 1.62. The summed E-state index contributed by atoms with van der Waals surface area (Å²) in [6.07, 6.45) is 0. The Bertz CT molecular complexity index is 432. The van der Waals surface area contributed by atoms with Gasteiger partial charge in [0.25, 0.3) is 0 Å². The lowest BCUT2D eigenvalue weighted by Gasteiger charge is -2.22. The number of ether oxygens (including phenoxy) is 2. The number of rotatable bonds is 5. The second-order valence-electron chi connectivity index (χ2n) is 4.13. The van der Waals surface area contributed by atoms with Gasteiger partial charge in [-0.25, -0.2) is 0 Å². The fourth-order valence-corrected chi connectivity index (χ4v) is 2.99. The van der Waals surface area contributed by atoms with E-state index in [1.165, 1.54) is 11.8 Å². The molecule has 1 aromatic rings. The molecular formula is C13H17BrO3S. The fraction of sp³-hybridized carbons (Fsp3) is 0.462. The molecule has 1 rings (SSSR count). The molecule has 1 aromatic carbocycles. The zero-order valence-electron chi connectivity index (χ0n) is 11.0. The summed E-state index contributed by atoms with van der Waals surface area (Å²) in [6, 6.07) is 5.71. The number of hydrogen-bond acceptors (Lipinski definition) is 4. The molecule has 0 radical (unpaired) electrons. The van der Waals surface area contributed by atoms with Gasteiger partial charge in [-0.2, -0.15) is 0 Å². The third kappa shape index (κ3) is 3.92. The molecule has 0 aliphatic carbocycles. The average molecular weight is 333 g/mol. The van der Waals surface area contributed by atoms with E-state index in [1.54, 1.807) is 14.0 Å². The van der Waals surface area contributed by atoms with E-state index in [9.17, 15) is 4.79 Å². The number of carbonyl (C=O) groups is 1. The minimum atomic E-state index is -0.649. The van der Waals surface area contributed by atoms with E-state index < -0.39 is 4.75 Å². The zero-order valence-corrected chi connectivity index (χ0v) is 13.4. The fourth-order valence-electron chi connectivity index (χ4n) is 1.35. The van der Waals surface area contributed by atoms with Gasteiger partial charge in [-0.05, 0) is 39.0 Å². The van der Waals surface area contributed by atoms with Gasteiger partial charge < -0.3 is 9.47 Å². The van der Waals surface area contributed by atoms with Crippen LogP contribution in [0.25, 0.3) is 0 Å². The normalized spacial score (nSPS) is 11.2. The molecule has 3 nitrogen and oxygen atoms in total. The van der Waals surface area contributed by atoms with Crippen molar-refractivity contribution in [3.63, 3.8) is 0 Å². The Morgan fingerprint density at radius 1 is 1.44 bits per heavy atom. The summed E-state index contributed by atoms with van der Waals surface area (Å²) in [5.74, 6) is 0.526. The van der Waals surface area contributed by atoms with E-state index in [1.807, 2.05) is 32.0 Å². The molecule has 0 amide bonds. The van der Waals surface area contributed by atoms with Crippen molar-refractivity contribution in [3.05, 3.63) is 22.7 Å². The van der Waals surface area contributed by atoms with Crippen molar-refractivity contribution in [1.82, 2.24) is 0 Å². The summed E-state index contributed by atoms with van der Waals surface area (Å²) in [6.45, 7) is 5.88. The third-order valence-corrected chi connectivity index (χ3v) is 3.97. The number of thioether (sulfide) groups is 1. The first-order valence-electron chi connectivity index (χ1n) is 5.60. The lowest BCUT2D eigenvalue weighted by atomic mass is 10.2. The van der Waals surface area contributed by atoms with Crippen LogP contribution in [0, 0.1) is 0 Å². The van der Waals surface area contributed by atoms with Gasteiger partial charge in [0.05, 0.1) is 18.6 Å². The Balaban J connectivity index is 2.95. The summed E-state index contributed by atoms with van der Waals surface area (Å²) in [4.78, 5) is 12.8. The third-order valence-electron chi connectivity index (χ3n) is 2.26. The highest BCUT2D eigenvalue weighted by molar-refractivity contribution is 9.10. The lowest BCUT2D eigenvalue weighted by molar-refractivity contribution is -0.145. The maximum absolute atomic E-state index is 11.9. The van der Waals surface area contributed by atoms with Crippen molar-refractivity contribution in [2.75, 3.05) is 13.7 Å². The molecule has 0 bridgehead atoms. The Labute approximate surface area is 120 Å². The molecule has 0 unspecified atom stereocenters. The highest BCUT2D eigenvalue weighted by Crippen LogP contribution is 2.40. The molecule has 0 saturated carbocycles. The van der Waals surface area contributed by atoms with E-state index in [0.717, 1.165) is 15.1 Å².